The van der Waals surface area contributed by atoms with Crippen molar-refractivity contribution in [2.24, 2.45) is 0 Å². The molecule has 0 N–H and O–H groups in total. The third kappa shape index (κ3) is 2.36. The van der Waals surface area contributed by atoms with Gasteiger partial charge in [0.2, 0.25) is 0 Å². The molecule has 19 heavy (non-hydrogen) atoms. The molecule has 3 rings (SSSR count). The number of thiophene rings is 1. The highest BCUT2D eigenvalue weighted by Crippen LogP contribution is 2.50. The van der Waals surface area contributed by atoms with Gasteiger partial charge in [0.15, 0.2) is 0 Å². The van der Waals surface area contributed by atoms with Gasteiger partial charge in [-0.25, -0.2) is 0 Å². The largest absolute Gasteiger partial charge is 0.145 e. The molecule has 0 saturated carbocycles. The SMILES string of the molecule is CCCC1CC(c2ccc(C)cc2)c2cc(C)sc21. The summed E-state index contributed by atoms with van der Waals surface area (Å²) < 4.78 is 0. The summed E-state index contributed by atoms with van der Waals surface area (Å²) in [5.74, 6) is 1.43. The van der Waals surface area contributed by atoms with Crippen LogP contribution in [0.2, 0.25) is 0 Å². The Morgan fingerprint density at radius 3 is 2.58 bits per heavy atom. The van der Waals surface area contributed by atoms with E-state index in [4.69, 9.17) is 0 Å². The number of rotatable bonds is 3. The Kier molecular flexibility index (Phi) is 3.49. The molecule has 0 nitrogen and oxygen atoms in total. The first-order valence-corrected chi connectivity index (χ1v) is 8.17. The van der Waals surface area contributed by atoms with Crippen LogP contribution in [-0.4, -0.2) is 0 Å². The lowest BCUT2D eigenvalue weighted by atomic mass is 9.91. The minimum Gasteiger partial charge on any atom is -0.145 e. The van der Waals surface area contributed by atoms with Crippen molar-refractivity contribution >= 4 is 11.3 Å². The van der Waals surface area contributed by atoms with E-state index in [0.717, 1.165) is 5.92 Å². The summed E-state index contributed by atoms with van der Waals surface area (Å²) in [6.45, 7) is 6.72. The zero-order valence-corrected chi connectivity index (χ0v) is 12.9. The van der Waals surface area contributed by atoms with Gasteiger partial charge in [-0.1, -0.05) is 43.2 Å². The van der Waals surface area contributed by atoms with Gasteiger partial charge in [-0.3, -0.25) is 0 Å². The van der Waals surface area contributed by atoms with Gasteiger partial charge >= 0.3 is 0 Å². The molecule has 100 valence electrons. The Labute approximate surface area is 120 Å². The Morgan fingerprint density at radius 1 is 1.16 bits per heavy atom. The molecule has 0 saturated heterocycles. The predicted octanol–water partition coefficient (Wildman–Crippen LogP) is 5.78. The molecule has 1 heterocycles. The first-order chi connectivity index (χ1) is 9.19. The number of hydrogen-bond acceptors (Lipinski definition) is 1. The summed E-state index contributed by atoms with van der Waals surface area (Å²) in [7, 11) is 0. The van der Waals surface area contributed by atoms with Crippen LogP contribution in [0.3, 0.4) is 0 Å². The van der Waals surface area contributed by atoms with Crippen LogP contribution >= 0.6 is 11.3 Å². The quantitative estimate of drug-likeness (QED) is 0.662. The molecule has 1 aliphatic rings. The second kappa shape index (κ2) is 5.13. The van der Waals surface area contributed by atoms with E-state index in [9.17, 15) is 0 Å². The van der Waals surface area contributed by atoms with Crippen molar-refractivity contribution in [3.05, 3.63) is 56.8 Å². The smallest absolute Gasteiger partial charge is 0.0118 e. The maximum absolute atomic E-state index is 2.43. The van der Waals surface area contributed by atoms with E-state index in [1.165, 1.54) is 35.3 Å². The van der Waals surface area contributed by atoms with Crippen molar-refractivity contribution < 1.29 is 0 Å². The Hall–Kier alpha value is -1.08. The molecular weight excluding hydrogens is 248 g/mol. The monoisotopic (exact) mass is 270 g/mol. The molecule has 0 spiro atoms. The molecule has 0 amide bonds. The molecule has 0 aliphatic heterocycles. The van der Waals surface area contributed by atoms with Crippen molar-refractivity contribution in [3.8, 4) is 0 Å². The minimum atomic E-state index is 0.636. The summed E-state index contributed by atoms with van der Waals surface area (Å²) in [6, 6.07) is 11.6. The molecule has 2 atom stereocenters. The lowest BCUT2D eigenvalue weighted by molar-refractivity contribution is 0.586. The molecule has 2 unspecified atom stereocenters. The molecular formula is C18H22S. The highest BCUT2D eigenvalue weighted by Gasteiger charge is 2.33. The Morgan fingerprint density at radius 2 is 1.89 bits per heavy atom. The van der Waals surface area contributed by atoms with Crippen LogP contribution in [0.15, 0.2) is 30.3 Å². The van der Waals surface area contributed by atoms with E-state index in [2.05, 4.69) is 51.1 Å². The highest BCUT2D eigenvalue weighted by atomic mass is 32.1. The van der Waals surface area contributed by atoms with Gasteiger partial charge in [0.05, 0.1) is 0 Å². The molecule has 0 radical (unpaired) electrons. The second-order valence-corrected chi connectivity index (χ2v) is 7.15. The number of hydrogen-bond donors (Lipinski definition) is 0. The fourth-order valence-corrected chi connectivity index (χ4v) is 4.61. The van der Waals surface area contributed by atoms with Crippen molar-refractivity contribution in [1.29, 1.82) is 0 Å². The average Bonchev–Trinajstić information content (AvgIpc) is 2.90. The lowest BCUT2D eigenvalue weighted by Gasteiger charge is -2.13. The Bertz CT molecular complexity index is 562. The van der Waals surface area contributed by atoms with E-state index in [-0.39, 0.29) is 0 Å². The van der Waals surface area contributed by atoms with E-state index >= 15 is 0 Å². The lowest BCUT2D eigenvalue weighted by Crippen LogP contribution is -1.97. The zero-order chi connectivity index (χ0) is 13.4. The van der Waals surface area contributed by atoms with Gasteiger partial charge in [0.25, 0.3) is 0 Å². The summed E-state index contributed by atoms with van der Waals surface area (Å²) in [6.07, 6.45) is 3.95. The second-order valence-electron chi connectivity index (χ2n) is 5.86. The van der Waals surface area contributed by atoms with Crippen molar-refractivity contribution in [2.45, 2.75) is 51.9 Å². The molecule has 0 fully saturated rings. The van der Waals surface area contributed by atoms with Crippen LogP contribution in [0.1, 0.15) is 64.5 Å². The summed E-state index contributed by atoms with van der Waals surface area (Å²) in [5.41, 5.74) is 4.47. The number of fused-ring (bicyclic) bond motifs is 1. The predicted molar refractivity (Wildman–Crippen MR) is 84.3 cm³/mol. The van der Waals surface area contributed by atoms with E-state index in [1.54, 1.807) is 10.4 Å². The normalized spacial score (nSPS) is 21.6. The average molecular weight is 270 g/mol. The fourth-order valence-electron chi connectivity index (χ4n) is 3.37. The fraction of sp³-hybridized carbons (Fsp3) is 0.444. The van der Waals surface area contributed by atoms with Gasteiger partial charge in [-0.2, -0.15) is 0 Å². The summed E-state index contributed by atoms with van der Waals surface area (Å²) in [4.78, 5) is 3.15. The van der Waals surface area contributed by atoms with Crippen LogP contribution in [0.4, 0.5) is 0 Å². The van der Waals surface area contributed by atoms with E-state index in [0.29, 0.717) is 5.92 Å². The van der Waals surface area contributed by atoms with Gasteiger partial charge in [-0.15, -0.1) is 11.3 Å². The summed E-state index contributed by atoms with van der Waals surface area (Å²) >= 11 is 2.03. The van der Waals surface area contributed by atoms with Crippen LogP contribution in [0, 0.1) is 13.8 Å². The van der Waals surface area contributed by atoms with Gasteiger partial charge < -0.3 is 0 Å². The van der Waals surface area contributed by atoms with Crippen molar-refractivity contribution in [1.82, 2.24) is 0 Å². The maximum Gasteiger partial charge on any atom is 0.0118 e. The molecule has 1 aromatic heterocycles. The van der Waals surface area contributed by atoms with Gasteiger partial charge in [-0.05, 0) is 49.8 Å². The van der Waals surface area contributed by atoms with E-state index in [1.807, 2.05) is 11.3 Å². The third-order valence-electron chi connectivity index (χ3n) is 4.30. The standard InChI is InChI=1S/C18H22S/c1-4-5-15-11-16(14-8-6-12(2)7-9-14)17-10-13(3)19-18(15)17/h6-10,15-16H,4-5,11H2,1-3H3. The van der Waals surface area contributed by atoms with Crippen molar-refractivity contribution in [2.75, 3.05) is 0 Å². The van der Waals surface area contributed by atoms with Crippen LogP contribution in [0.25, 0.3) is 0 Å². The third-order valence-corrected chi connectivity index (χ3v) is 5.53. The molecule has 0 bridgehead atoms. The topological polar surface area (TPSA) is 0 Å². The molecule has 1 aliphatic carbocycles. The minimum absolute atomic E-state index is 0.636. The number of aryl methyl sites for hydroxylation is 2. The summed E-state index contributed by atoms with van der Waals surface area (Å²) in [5, 5.41) is 0. The van der Waals surface area contributed by atoms with Gasteiger partial charge in [0, 0.05) is 15.7 Å². The van der Waals surface area contributed by atoms with Crippen LogP contribution in [0.5, 0.6) is 0 Å². The molecule has 1 aromatic carbocycles. The molecule has 1 heteroatoms. The first-order valence-electron chi connectivity index (χ1n) is 7.35. The Balaban J connectivity index is 1.97. The van der Waals surface area contributed by atoms with E-state index < -0.39 is 0 Å². The number of benzene rings is 1. The van der Waals surface area contributed by atoms with Crippen LogP contribution in [-0.2, 0) is 0 Å². The van der Waals surface area contributed by atoms with Gasteiger partial charge in [0.1, 0.15) is 0 Å². The zero-order valence-electron chi connectivity index (χ0n) is 12.1. The first kappa shape index (κ1) is 12.9. The van der Waals surface area contributed by atoms with Crippen molar-refractivity contribution in [3.63, 3.8) is 0 Å². The van der Waals surface area contributed by atoms with Crippen LogP contribution < -0.4 is 0 Å². The molecule has 2 aromatic rings. The maximum atomic E-state index is 2.43. The highest BCUT2D eigenvalue weighted by molar-refractivity contribution is 7.12.